The molecule has 1 aromatic carbocycles. The highest BCUT2D eigenvalue weighted by Crippen LogP contribution is 2.27. The summed E-state index contributed by atoms with van der Waals surface area (Å²) in [6.45, 7) is 1.52. The molecule has 156 valence electrons. The molecule has 9 nitrogen and oxygen atoms in total. The van der Waals surface area contributed by atoms with Crippen LogP contribution in [0.4, 0.5) is 4.39 Å². The normalized spacial score (nSPS) is 20.3. The highest BCUT2D eigenvalue weighted by atomic mass is 32.1. The van der Waals surface area contributed by atoms with Gasteiger partial charge >= 0.3 is 0 Å². The smallest absolute Gasteiger partial charge is 0.290 e. The Hall–Kier alpha value is -2.92. The molecule has 0 unspecified atom stereocenters. The van der Waals surface area contributed by atoms with Gasteiger partial charge in [-0.2, -0.15) is 8.75 Å². The summed E-state index contributed by atoms with van der Waals surface area (Å²) >= 11 is 0.946. The SMILES string of the molecule is Cc1nsnc1C(=O)N[C@@H]1C[C@H](C(=O)NCc2ccccc2F)C[C@H]1O.O=CO. The van der Waals surface area contributed by atoms with Gasteiger partial charge in [0.1, 0.15) is 5.82 Å². The van der Waals surface area contributed by atoms with Crippen molar-refractivity contribution in [3.05, 3.63) is 47.0 Å². The van der Waals surface area contributed by atoms with E-state index in [-0.39, 0.29) is 36.9 Å². The van der Waals surface area contributed by atoms with Crippen LogP contribution in [0.2, 0.25) is 0 Å². The number of rotatable bonds is 5. The lowest BCUT2D eigenvalue weighted by Crippen LogP contribution is -2.40. The van der Waals surface area contributed by atoms with Gasteiger partial charge in [0.15, 0.2) is 5.69 Å². The predicted octanol–water partition coefficient (Wildman–Crippen LogP) is 0.872. The number of amides is 2. The Bertz CT molecular complexity index is 862. The van der Waals surface area contributed by atoms with Crippen molar-refractivity contribution >= 4 is 30.0 Å². The molecule has 1 aliphatic rings. The fraction of sp³-hybridized carbons (Fsp3) is 0.389. The summed E-state index contributed by atoms with van der Waals surface area (Å²) in [6.07, 6.45) is -0.273. The molecule has 4 N–H and O–H groups in total. The first-order chi connectivity index (χ1) is 13.9. The van der Waals surface area contributed by atoms with Crippen LogP contribution >= 0.6 is 11.7 Å². The summed E-state index contributed by atoms with van der Waals surface area (Å²) in [4.78, 5) is 32.9. The largest absolute Gasteiger partial charge is 0.483 e. The van der Waals surface area contributed by atoms with Crippen molar-refractivity contribution in [2.75, 3.05) is 0 Å². The average Bonchev–Trinajstić information content (AvgIpc) is 3.27. The Morgan fingerprint density at radius 3 is 2.62 bits per heavy atom. The number of carboxylic acid groups (broad SMARTS) is 1. The first-order valence-electron chi connectivity index (χ1n) is 8.74. The third kappa shape index (κ3) is 6.03. The second-order valence-electron chi connectivity index (χ2n) is 6.43. The third-order valence-electron chi connectivity index (χ3n) is 4.49. The average molecular weight is 424 g/mol. The molecule has 0 radical (unpaired) electrons. The number of carbonyl (C=O) groups is 3. The molecule has 3 rings (SSSR count). The van der Waals surface area contributed by atoms with Crippen LogP contribution in [0.3, 0.4) is 0 Å². The number of hydrogen-bond donors (Lipinski definition) is 4. The molecule has 1 heterocycles. The number of benzene rings is 1. The van der Waals surface area contributed by atoms with E-state index in [1.165, 1.54) is 6.07 Å². The van der Waals surface area contributed by atoms with Crippen molar-refractivity contribution < 1.29 is 29.0 Å². The van der Waals surface area contributed by atoms with Crippen molar-refractivity contribution in [2.24, 2.45) is 5.92 Å². The molecule has 1 aliphatic carbocycles. The van der Waals surface area contributed by atoms with E-state index in [1.54, 1.807) is 25.1 Å². The molecule has 1 fully saturated rings. The summed E-state index contributed by atoms with van der Waals surface area (Å²) in [5.74, 6) is -1.50. The molecule has 0 bridgehead atoms. The van der Waals surface area contributed by atoms with E-state index in [1.807, 2.05) is 0 Å². The van der Waals surface area contributed by atoms with Gasteiger partial charge in [-0.25, -0.2) is 4.39 Å². The van der Waals surface area contributed by atoms with Gasteiger partial charge in [-0.15, -0.1) is 0 Å². The summed E-state index contributed by atoms with van der Waals surface area (Å²) in [5.41, 5.74) is 1.16. The predicted molar refractivity (Wildman–Crippen MR) is 102 cm³/mol. The zero-order valence-electron chi connectivity index (χ0n) is 15.5. The van der Waals surface area contributed by atoms with Gasteiger partial charge in [-0.1, -0.05) is 18.2 Å². The van der Waals surface area contributed by atoms with Crippen molar-refractivity contribution in [3.8, 4) is 0 Å². The van der Waals surface area contributed by atoms with Crippen LogP contribution in [0.15, 0.2) is 24.3 Å². The number of nitrogens with one attached hydrogen (secondary N) is 2. The van der Waals surface area contributed by atoms with Gasteiger partial charge in [-0.05, 0) is 25.8 Å². The van der Waals surface area contributed by atoms with Crippen molar-refractivity contribution in [1.82, 2.24) is 19.4 Å². The van der Waals surface area contributed by atoms with Gasteiger partial charge in [-0.3, -0.25) is 14.4 Å². The van der Waals surface area contributed by atoms with Crippen LogP contribution in [0, 0.1) is 18.7 Å². The minimum atomic E-state index is -0.824. The lowest BCUT2D eigenvalue weighted by atomic mass is 10.1. The van der Waals surface area contributed by atoms with E-state index >= 15 is 0 Å². The molecule has 29 heavy (non-hydrogen) atoms. The van der Waals surface area contributed by atoms with Gasteiger partial charge in [0.05, 0.1) is 29.6 Å². The van der Waals surface area contributed by atoms with Crippen molar-refractivity contribution in [1.29, 1.82) is 0 Å². The van der Waals surface area contributed by atoms with Crippen LogP contribution < -0.4 is 10.6 Å². The van der Waals surface area contributed by atoms with E-state index in [9.17, 15) is 19.1 Å². The molecule has 2 aromatic rings. The molecule has 1 saturated carbocycles. The molecule has 11 heteroatoms. The summed E-state index contributed by atoms with van der Waals surface area (Å²) < 4.78 is 21.5. The zero-order chi connectivity index (χ0) is 21.4. The second kappa shape index (κ2) is 10.6. The van der Waals surface area contributed by atoms with E-state index in [2.05, 4.69) is 19.4 Å². The lowest BCUT2D eigenvalue weighted by molar-refractivity contribution is -0.125. The van der Waals surface area contributed by atoms with Crippen molar-refractivity contribution in [3.63, 3.8) is 0 Å². The van der Waals surface area contributed by atoms with Gasteiger partial charge in [0, 0.05) is 18.0 Å². The van der Waals surface area contributed by atoms with E-state index in [0.29, 0.717) is 17.7 Å². The molecule has 2 amide bonds. The highest BCUT2D eigenvalue weighted by molar-refractivity contribution is 6.99. The number of nitrogens with zero attached hydrogens (tertiary/aromatic N) is 2. The van der Waals surface area contributed by atoms with Gasteiger partial charge in [0.25, 0.3) is 12.4 Å². The molecular formula is C18H21FN4O5S. The fourth-order valence-corrected chi connectivity index (χ4v) is 3.57. The van der Waals surface area contributed by atoms with Gasteiger partial charge in [0.2, 0.25) is 5.91 Å². The summed E-state index contributed by atoms with van der Waals surface area (Å²) in [7, 11) is 0. The Balaban J connectivity index is 0.000000941. The minimum Gasteiger partial charge on any atom is -0.483 e. The van der Waals surface area contributed by atoms with Crippen LogP contribution in [-0.2, 0) is 16.1 Å². The number of aliphatic hydroxyl groups excluding tert-OH is 1. The van der Waals surface area contributed by atoms with Crippen LogP contribution in [0.1, 0.15) is 34.6 Å². The fourth-order valence-electron chi connectivity index (χ4n) is 3.03. The van der Waals surface area contributed by atoms with Crippen LogP contribution in [-0.4, -0.2) is 49.4 Å². The summed E-state index contributed by atoms with van der Waals surface area (Å²) in [6, 6.07) is 5.69. The topological polar surface area (TPSA) is 142 Å². The highest BCUT2D eigenvalue weighted by Gasteiger charge is 2.38. The number of halogens is 1. The number of carbonyl (C=O) groups excluding carboxylic acids is 2. The maximum atomic E-state index is 13.6. The van der Waals surface area contributed by atoms with Crippen LogP contribution in [0.5, 0.6) is 0 Å². The van der Waals surface area contributed by atoms with Crippen LogP contribution in [0.25, 0.3) is 0 Å². The second-order valence-corrected chi connectivity index (χ2v) is 6.96. The Morgan fingerprint density at radius 1 is 1.31 bits per heavy atom. The van der Waals surface area contributed by atoms with E-state index in [0.717, 1.165) is 11.7 Å². The first-order valence-corrected chi connectivity index (χ1v) is 9.47. The third-order valence-corrected chi connectivity index (χ3v) is 5.11. The number of aromatic nitrogens is 2. The zero-order valence-corrected chi connectivity index (χ0v) is 16.4. The Labute approximate surface area is 170 Å². The van der Waals surface area contributed by atoms with E-state index in [4.69, 9.17) is 9.90 Å². The quantitative estimate of drug-likeness (QED) is 0.522. The number of aryl methyl sites for hydroxylation is 1. The Morgan fingerprint density at radius 2 is 2.00 bits per heavy atom. The number of aliphatic hydroxyl groups is 1. The molecule has 1 aromatic heterocycles. The molecule has 0 aliphatic heterocycles. The maximum absolute atomic E-state index is 13.6. The molecule has 0 saturated heterocycles. The summed E-state index contributed by atoms with van der Waals surface area (Å²) in [5, 5.41) is 22.5. The van der Waals surface area contributed by atoms with Gasteiger partial charge < -0.3 is 20.8 Å². The standard InChI is InChI=1S/C17H19FN4O3S.CH2O2/c1-9-15(22-26-21-9)17(25)20-13-6-11(7-14(13)23)16(24)19-8-10-4-2-3-5-12(10)18;2-1-3/h2-5,11,13-14,23H,6-8H2,1H3,(H,19,24)(H,20,25);1H,(H,2,3)/t11-,13+,14+;/m0./s1. The van der Waals surface area contributed by atoms with E-state index < -0.39 is 24.0 Å². The first kappa shape index (κ1) is 22.4. The number of hydrogen-bond acceptors (Lipinski definition) is 7. The lowest BCUT2D eigenvalue weighted by Gasteiger charge is -2.15. The minimum absolute atomic E-state index is 0.0822. The molecule has 3 atom stereocenters. The maximum Gasteiger partial charge on any atom is 0.290 e. The molecular weight excluding hydrogens is 403 g/mol. The monoisotopic (exact) mass is 424 g/mol. The molecule has 0 spiro atoms. The Kier molecular flexibility index (Phi) is 8.16. The van der Waals surface area contributed by atoms with Crippen molar-refractivity contribution in [2.45, 2.75) is 38.5 Å².